The van der Waals surface area contributed by atoms with E-state index in [2.05, 4.69) is 11.9 Å². The van der Waals surface area contributed by atoms with Crippen LogP contribution in [0.5, 0.6) is 11.5 Å². The van der Waals surface area contributed by atoms with Crippen LogP contribution in [0.1, 0.15) is 23.2 Å². The molecule has 0 radical (unpaired) electrons. The molecule has 1 aliphatic heterocycles. The van der Waals surface area contributed by atoms with E-state index in [9.17, 15) is 4.79 Å². The lowest BCUT2D eigenvalue weighted by atomic mass is 10.2. The molecule has 1 aliphatic rings. The van der Waals surface area contributed by atoms with Crippen molar-refractivity contribution in [3.05, 3.63) is 66.7 Å². The maximum absolute atomic E-state index is 12.3. The Bertz CT molecular complexity index is 719. The predicted molar refractivity (Wildman–Crippen MR) is 101 cm³/mol. The van der Waals surface area contributed by atoms with Crippen LogP contribution in [0.4, 0.5) is 5.69 Å². The largest absolute Gasteiger partial charge is 0.491 e. The van der Waals surface area contributed by atoms with Crippen LogP contribution < -0.4 is 14.8 Å². The maximum atomic E-state index is 12.3. The summed E-state index contributed by atoms with van der Waals surface area (Å²) in [4.78, 5) is 12.3. The highest BCUT2D eigenvalue weighted by Gasteiger charge is 2.16. The third kappa shape index (κ3) is 5.10. The molecule has 2 aromatic carbocycles. The fourth-order valence-corrected chi connectivity index (χ4v) is 2.66. The molecular formula is C21H23NO4. The number of hydrogen-bond acceptors (Lipinski definition) is 4. The van der Waals surface area contributed by atoms with Gasteiger partial charge in [-0.1, -0.05) is 12.7 Å². The number of hydrogen-bond donors (Lipinski definition) is 1. The van der Waals surface area contributed by atoms with Crippen molar-refractivity contribution in [2.24, 2.45) is 0 Å². The lowest BCUT2D eigenvalue weighted by Crippen LogP contribution is -2.16. The number of ether oxygens (including phenoxy) is 3. The summed E-state index contributed by atoms with van der Waals surface area (Å²) in [5, 5.41) is 2.87. The van der Waals surface area contributed by atoms with Crippen LogP contribution in [0.25, 0.3) is 0 Å². The Hall–Kier alpha value is -2.79. The van der Waals surface area contributed by atoms with Crippen molar-refractivity contribution < 1.29 is 19.0 Å². The molecule has 1 N–H and O–H groups in total. The normalized spacial score (nSPS) is 16.1. The Morgan fingerprint density at radius 3 is 2.46 bits per heavy atom. The van der Waals surface area contributed by atoms with E-state index in [0.29, 0.717) is 30.2 Å². The van der Waals surface area contributed by atoms with Gasteiger partial charge in [-0.3, -0.25) is 4.79 Å². The van der Waals surface area contributed by atoms with Crippen LogP contribution >= 0.6 is 0 Å². The third-order valence-corrected chi connectivity index (χ3v) is 4.06. The van der Waals surface area contributed by atoms with Crippen LogP contribution in [-0.4, -0.2) is 31.8 Å². The van der Waals surface area contributed by atoms with Gasteiger partial charge in [-0.15, -0.1) is 0 Å². The first-order valence-electron chi connectivity index (χ1n) is 8.74. The fourth-order valence-electron chi connectivity index (χ4n) is 2.66. The van der Waals surface area contributed by atoms with Crippen molar-refractivity contribution in [1.82, 2.24) is 0 Å². The molecule has 1 heterocycles. The molecule has 1 amide bonds. The Labute approximate surface area is 153 Å². The van der Waals surface area contributed by atoms with E-state index in [1.807, 2.05) is 24.3 Å². The second-order valence-corrected chi connectivity index (χ2v) is 6.05. The van der Waals surface area contributed by atoms with Crippen LogP contribution in [-0.2, 0) is 4.74 Å². The molecule has 5 nitrogen and oxygen atoms in total. The molecule has 136 valence electrons. The summed E-state index contributed by atoms with van der Waals surface area (Å²) in [5.74, 6) is 1.30. The van der Waals surface area contributed by atoms with E-state index in [1.54, 1.807) is 30.3 Å². The number of rotatable bonds is 8. The second kappa shape index (κ2) is 9.06. The van der Waals surface area contributed by atoms with Gasteiger partial charge >= 0.3 is 0 Å². The Morgan fingerprint density at radius 1 is 1.12 bits per heavy atom. The van der Waals surface area contributed by atoms with E-state index < -0.39 is 0 Å². The van der Waals surface area contributed by atoms with Crippen molar-refractivity contribution in [3.63, 3.8) is 0 Å². The topological polar surface area (TPSA) is 56.8 Å². The van der Waals surface area contributed by atoms with Crippen LogP contribution in [0.2, 0.25) is 0 Å². The Balaban J connectivity index is 1.51. The van der Waals surface area contributed by atoms with Gasteiger partial charge in [-0.25, -0.2) is 0 Å². The summed E-state index contributed by atoms with van der Waals surface area (Å²) < 4.78 is 16.7. The zero-order valence-corrected chi connectivity index (χ0v) is 14.6. The van der Waals surface area contributed by atoms with Crippen molar-refractivity contribution >= 4 is 11.6 Å². The highest BCUT2D eigenvalue weighted by atomic mass is 16.5. The minimum Gasteiger partial charge on any atom is -0.491 e. The molecule has 26 heavy (non-hydrogen) atoms. The van der Waals surface area contributed by atoms with E-state index in [0.717, 1.165) is 25.2 Å². The molecular weight excluding hydrogens is 330 g/mol. The SMILES string of the molecule is C=CCOc1ccc(C(=O)Nc2ccc(OC[C@@H]3CCCO3)cc2)cc1. The predicted octanol–water partition coefficient (Wildman–Crippen LogP) is 4.06. The number of anilines is 1. The van der Waals surface area contributed by atoms with E-state index in [4.69, 9.17) is 14.2 Å². The highest BCUT2D eigenvalue weighted by Crippen LogP contribution is 2.19. The average molecular weight is 353 g/mol. The minimum atomic E-state index is -0.173. The van der Waals surface area contributed by atoms with Crippen molar-refractivity contribution in [2.45, 2.75) is 18.9 Å². The number of carbonyl (C=O) groups is 1. The molecule has 0 unspecified atom stereocenters. The summed E-state index contributed by atoms with van der Waals surface area (Å²) in [6.07, 6.45) is 4.01. The Morgan fingerprint density at radius 2 is 1.81 bits per heavy atom. The first-order valence-corrected chi connectivity index (χ1v) is 8.74. The molecule has 0 bridgehead atoms. The quantitative estimate of drug-likeness (QED) is 0.727. The smallest absolute Gasteiger partial charge is 0.255 e. The fraction of sp³-hybridized carbons (Fsp3) is 0.286. The molecule has 5 heteroatoms. The van der Waals surface area contributed by atoms with Gasteiger partial charge in [0.05, 0.1) is 6.10 Å². The molecule has 2 aromatic rings. The van der Waals surface area contributed by atoms with Gasteiger partial charge in [-0.05, 0) is 61.4 Å². The summed E-state index contributed by atoms with van der Waals surface area (Å²) in [6, 6.07) is 14.3. The molecule has 0 saturated carbocycles. The molecule has 1 atom stereocenters. The summed E-state index contributed by atoms with van der Waals surface area (Å²) in [6.45, 7) is 5.42. The van der Waals surface area contributed by atoms with Crippen molar-refractivity contribution in [3.8, 4) is 11.5 Å². The maximum Gasteiger partial charge on any atom is 0.255 e. The third-order valence-electron chi connectivity index (χ3n) is 4.06. The molecule has 1 saturated heterocycles. The molecule has 0 spiro atoms. The molecule has 0 aliphatic carbocycles. The lowest BCUT2D eigenvalue weighted by molar-refractivity contribution is 0.0679. The van der Waals surface area contributed by atoms with Crippen molar-refractivity contribution in [1.29, 1.82) is 0 Å². The monoisotopic (exact) mass is 353 g/mol. The first-order chi connectivity index (χ1) is 12.7. The standard InChI is InChI=1S/C21H23NO4/c1-2-13-24-18-9-5-16(6-10-18)21(23)22-17-7-11-19(12-8-17)26-15-20-4-3-14-25-20/h2,5-12,20H,1,3-4,13-15H2,(H,22,23)/t20-/m0/s1. The van der Waals surface area contributed by atoms with Crippen LogP contribution in [0.3, 0.4) is 0 Å². The molecule has 1 fully saturated rings. The number of nitrogens with one attached hydrogen (secondary N) is 1. The van der Waals surface area contributed by atoms with E-state index in [1.165, 1.54) is 0 Å². The number of carbonyl (C=O) groups excluding carboxylic acids is 1. The number of benzene rings is 2. The highest BCUT2D eigenvalue weighted by molar-refractivity contribution is 6.04. The van der Waals surface area contributed by atoms with Gasteiger partial charge in [0.15, 0.2) is 0 Å². The Kier molecular flexibility index (Phi) is 6.28. The average Bonchev–Trinajstić information content (AvgIpc) is 3.20. The van der Waals surface area contributed by atoms with Gasteiger partial charge in [0.1, 0.15) is 24.7 Å². The second-order valence-electron chi connectivity index (χ2n) is 6.05. The lowest BCUT2D eigenvalue weighted by Gasteiger charge is -2.12. The van der Waals surface area contributed by atoms with E-state index in [-0.39, 0.29) is 12.0 Å². The van der Waals surface area contributed by atoms with Gasteiger partial charge in [0, 0.05) is 17.9 Å². The van der Waals surface area contributed by atoms with Gasteiger partial charge in [0.25, 0.3) is 5.91 Å². The van der Waals surface area contributed by atoms with Crippen molar-refractivity contribution in [2.75, 3.05) is 25.1 Å². The van der Waals surface area contributed by atoms with Crippen LogP contribution in [0.15, 0.2) is 61.2 Å². The number of amides is 1. The van der Waals surface area contributed by atoms with Gasteiger partial charge in [-0.2, -0.15) is 0 Å². The van der Waals surface area contributed by atoms with Crippen LogP contribution in [0, 0.1) is 0 Å². The minimum absolute atomic E-state index is 0.173. The zero-order chi connectivity index (χ0) is 18.2. The molecule has 0 aromatic heterocycles. The summed E-state index contributed by atoms with van der Waals surface area (Å²) >= 11 is 0. The first kappa shape index (κ1) is 18.0. The van der Waals surface area contributed by atoms with E-state index >= 15 is 0 Å². The molecule has 3 rings (SSSR count). The zero-order valence-electron chi connectivity index (χ0n) is 14.6. The summed E-state index contributed by atoms with van der Waals surface area (Å²) in [5.41, 5.74) is 1.28. The summed E-state index contributed by atoms with van der Waals surface area (Å²) in [7, 11) is 0. The van der Waals surface area contributed by atoms with Gasteiger partial charge in [0.2, 0.25) is 0 Å². The van der Waals surface area contributed by atoms with Gasteiger partial charge < -0.3 is 19.5 Å².